The van der Waals surface area contributed by atoms with E-state index in [0.29, 0.717) is 11.7 Å². The molecule has 4 N–H and O–H groups in total. The molecular weight excluding hydrogens is 190 g/mol. The highest BCUT2D eigenvalue weighted by atomic mass is 15.3. The molecule has 5 heteroatoms. The number of nitrogens with one attached hydrogen (secondary N) is 2. The Kier molecular flexibility index (Phi) is 4.30. The number of nitrogens with two attached hydrogens (primary N) is 1. The number of hydrazine groups is 1. The van der Waals surface area contributed by atoms with Crippen molar-refractivity contribution in [2.24, 2.45) is 5.84 Å². The third-order valence-electron chi connectivity index (χ3n) is 1.96. The van der Waals surface area contributed by atoms with Crippen molar-refractivity contribution in [1.82, 2.24) is 9.97 Å². The van der Waals surface area contributed by atoms with Gasteiger partial charge >= 0.3 is 0 Å². The average Bonchev–Trinajstić information content (AvgIpc) is 2.25. The van der Waals surface area contributed by atoms with E-state index in [2.05, 4.69) is 41.5 Å². The van der Waals surface area contributed by atoms with E-state index in [1.54, 1.807) is 0 Å². The van der Waals surface area contributed by atoms with Gasteiger partial charge in [0, 0.05) is 18.5 Å². The normalized spacial score (nSPS) is 10.5. The Hall–Kier alpha value is -1.36. The lowest BCUT2D eigenvalue weighted by Gasteiger charge is -2.10. The van der Waals surface area contributed by atoms with E-state index in [0.717, 1.165) is 24.6 Å². The van der Waals surface area contributed by atoms with Crippen LogP contribution >= 0.6 is 0 Å². The van der Waals surface area contributed by atoms with Gasteiger partial charge in [-0.05, 0) is 6.42 Å². The summed E-state index contributed by atoms with van der Waals surface area (Å²) < 4.78 is 0. The molecule has 0 amide bonds. The fraction of sp³-hybridized carbons (Fsp3) is 0.600. The van der Waals surface area contributed by atoms with Gasteiger partial charge in [-0.2, -0.15) is 0 Å². The lowest BCUT2D eigenvalue weighted by Crippen LogP contribution is -2.13. The minimum absolute atomic E-state index is 0.292. The first-order valence-electron chi connectivity index (χ1n) is 5.26. The number of nitrogen functional groups attached to an aromatic ring is 1. The van der Waals surface area contributed by atoms with E-state index < -0.39 is 0 Å². The van der Waals surface area contributed by atoms with Crippen molar-refractivity contribution < 1.29 is 0 Å². The van der Waals surface area contributed by atoms with Gasteiger partial charge in [0.2, 0.25) is 0 Å². The van der Waals surface area contributed by atoms with Gasteiger partial charge in [-0.25, -0.2) is 15.8 Å². The molecule has 0 spiro atoms. The maximum atomic E-state index is 5.35. The topological polar surface area (TPSA) is 75.9 Å². The Morgan fingerprint density at radius 1 is 1.33 bits per heavy atom. The Bertz CT molecular complexity index is 311. The fourth-order valence-corrected chi connectivity index (χ4v) is 1.14. The zero-order valence-electron chi connectivity index (χ0n) is 9.54. The zero-order chi connectivity index (χ0) is 11.3. The number of anilines is 2. The summed E-state index contributed by atoms with van der Waals surface area (Å²) in [6, 6.07) is 1.81. The van der Waals surface area contributed by atoms with Crippen LogP contribution in [0.5, 0.6) is 0 Å². The number of hydrogen-bond acceptors (Lipinski definition) is 5. The van der Waals surface area contributed by atoms with Crippen LogP contribution in [0, 0.1) is 0 Å². The minimum Gasteiger partial charge on any atom is -0.370 e. The Labute approximate surface area is 90.5 Å². The van der Waals surface area contributed by atoms with Crippen LogP contribution in [0.15, 0.2) is 6.07 Å². The second kappa shape index (κ2) is 5.50. The highest BCUT2D eigenvalue weighted by Gasteiger charge is 2.06. The number of hydrogen-bond donors (Lipinski definition) is 3. The predicted octanol–water partition coefficient (Wildman–Crippen LogP) is 1.71. The molecule has 1 aromatic heterocycles. The molecule has 0 radical (unpaired) electrons. The van der Waals surface area contributed by atoms with Crippen molar-refractivity contribution in [3.8, 4) is 0 Å². The summed E-state index contributed by atoms with van der Waals surface area (Å²) in [6.07, 6.45) is 1.06. The quantitative estimate of drug-likeness (QED) is 0.508. The third-order valence-corrected chi connectivity index (χ3v) is 1.96. The second-order valence-corrected chi connectivity index (χ2v) is 3.72. The molecule has 1 aromatic rings. The highest BCUT2D eigenvalue weighted by molar-refractivity contribution is 5.47. The molecule has 0 unspecified atom stereocenters. The summed E-state index contributed by atoms with van der Waals surface area (Å²) in [5.74, 6) is 7.90. The van der Waals surface area contributed by atoms with E-state index in [1.165, 1.54) is 0 Å². The standard InChI is InChI=1S/C10H19N5/c1-4-5-12-8-6-9(15-11)14-10(13-8)7(2)3/h6-7H,4-5,11H2,1-3H3,(H2,12,13,14,15). The van der Waals surface area contributed by atoms with Gasteiger partial charge in [0.05, 0.1) is 0 Å². The molecule has 0 bridgehead atoms. The summed E-state index contributed by atoms with van der Waals surface area (Å²) in [5.41, 5.74) is 2.55. The first kappa shape index (κ1) is 11.7. The molecule has 0 fully saturated rings. The maximum absolute atomic E-state index is 5.35. The smallest absolute Gasteiger partial charge is 0.145 e. The highest BCUT2D eigenvalue weighted by Crippen LogP contribution is 2.16. The SMILES string of the molecule is CCCNc1cc(NN)nc(C(C)C)n1. The molecule has 5 nitrogen and oxygen atoms in total. The largest absolute Gasteiger partial charge is 0.370 e. The first-order chi connectivity index (χ1) is 7.17. The zero-order valence-corrected chi connectivity index (χ0v) is 9.54. The molecular formula is C10H19N5. The van der Waals surface area contributed by atoms with Crippen LogP contribution in [0.1, 0.15) is 38.9 Å². The molecule has 0 saturated heterocycles. The number of aromatic nitrogens is 2. The number of rotatable bonds is 5. The predicted molar refractivity (Wildman–Crippen MR) is 62.7 cm³/mol. The summed E-state index contributed by atoms with van der Waals surface area (Å²) in [5, 5.41) is 3.22. The van der Waals surface area contributed by atoms with Crippen molar-refractivity contribution in [2.75, 3.05) is 17.3 Å². The minimum atomic E-state index is 0.292. The van der Waals surface area contributed by atoms with Crippen LogP contribution in [0.4, 0.5) is 11.6 Å². The third kappa shape index (κ3) is 3.36. The van der Waals surface area contributed by atoms with Gasteiger partial charge in [-0.1, -0.05) is 20.8 Å². The van der Waals surface area contributed by atoms with E-state index in [9.17, 15) is 0 Å². The van der Waals surface area contributed by atoms with Crippen molar-refractivity contribution >= 4 is 11.6 Å². The Morgan fingerprint density at radius 2 is 2.00 bits per heavy atom. The molecule has 0 aliphatic heterocycles. The van der Waals surface area contributed by atoms with Gasteiger partial charge in [-0.3, -0.25) is 0 Å². The molecule has 0 aromatic carbocycles. The molecule has 1 heterocycles. The van der Waals surface area contributed by atoms with Crippen molar-refractivity contribution in [3.05, 3.63) is 11.9 Å². The maximum Gasteiger partial charge on any atom is 0.145 e. The molecule has 0 aliphatic carbocycles. The van der Waals surface area contributed by atoms with Crippen LogP contribution in [-0.2, 0) is 0 Å². The molecule has 1 rings (SSSR count). The Balaban J connectivity index is 2.90. The van der Waals surface area contributed by atoms with Crippen molar-refractivity contribution in [1.29, 1.82) is 0 Å². The molecule has 84 valence electrons. The molecule has 0 aliphatic rings. The van der Waals surface area contributed by atoms with Gasteiger partial charge in [0.15, 0.2) is 0 Å². The van der Waals surface area contributed by atoms with Crippen LogP contribution in [-0.4, -0.2) is 16.5 Å². The average molecular weight is 209 g/mol. The van der Waals surface area contributed by atoms with E-state index in [1.807, 2.05) is 6.07 Å². The fourth-order valence-electron chi connectivity index (χ4n) is 1.14. The summed E-state index contributed by atoms with van der Waals surface area (Å²) in [4.78, 5) is 8.67. The van der Waals surface area contributed by atoms with E-state index in [-0.39, 0.29) is 0 Å². The first-order valence-corrected chi connectivity index (χ1v) is 5.26. The monoisotopic (exact) mass is 209 g/mol. The van der Waals surface area contributed by atoms with Crippen molar-refractivity contribution in [3.63, 3.8) is 0 Å². The van der Waals surface area contributed by atoms with Crippen LogP contribution in [0.3, 0.4) is 0 Å². The lowest BCUT2D eigenvalue weighted by molar-refractivity contribution is 0.774. The molecule has 0 saturated carbocycles. The second-order valence-electron chi connectivity index (χ2n) is 3.72. The van der Waals surface area contributed by atoms with Crippen molar-refractivity contribution in [2.45, 2.75) is 33.1 Å². The summed E-state index contributed by atoms with van der Waals surface area (Å²) >= 11 is 0. The molecule has 15 heavy (non-hydrogen) atoms. The van der Waals surface area contributed by atoms with Gasteiger partial charge in [0.25, 0.3) is 0 Å². The van der Waals surface area contributed by atoms with Gasteiger partial charge in [0.1, 0.15) is 17.5 Å². The molecule has 0 atom stereocenters. The van der Waals surface area contributed by atoms with Crippen LogP contribution in [0.25, 0.3) is 0 Å². The summed E-state index contributed by atoms with van der Waals surface area (Å²) in [6.45, 7) is 7.12. The van der Waals surface area contributed by atoms with Gasteiger partial charge < -0.3 is 10.7 Å². The van der Waals surface area contributed by atoms with Crippen LogP contribution in [0.2, 0.25) is 0 Å². The van der Waals surface area contributed by atoms with Gasteiger partial charge in [-0.15, -0.1) is 0 Å². The summed E-state index contributed by atoms with van der Waals surface area (Å²) in [7, 11) is 0. The lowest BCUT2D eigenvalue weighted by atomic mass is 10.2. The van der Waals surface area contributed by atoms with E-state index >= 15 is 0 Å². The van der Waals surface area contributed by atoms with E-state index in [4.69, 9.17) is 5.84 Å². The van der Waals surface area contributed by atoms with Crippen LogP contribution < -0.4 is 16.6 Å². The Morgan fingerprint density at radius 3 is 2.53 bits per heavy atom. The number of nitrogens with zero attached hydrogens (tertiary/aromatic N) is 2.